The Bertz CT molecular complexity index is 1150. The fraction of sp³-hybridized carbons (Fsp3) is 0. The molecule has 0 radical (unpaired) electrons. The van der Waals surface area contributed by atoms with E-state index in [0.29, 0.717) is 16.8 Å². The number of thiocarbonyl (C=S) groups is 1. The van der Waals surface area contributed by atoms with E-state index in [1.54, 1.807) is 24.4 Å². The molecule has 7 heteroatoms. The predicted octanol–water partition coefficient (Wildman–Crippen LogP) is 2.41. The molecule has 0 aliphatic rings. The minimum atomic E-state index is -0.449. The van der Waals surface area contributed by atoms with Gasteiger partial charge < -0.3 is 4.42 Å². The molecule has 2 heterocycles. The maximum absolute atomic E-state index is 12.3. The molecular weight excluding hydrogens is 324 g/mol. The van der Waals surface area contributed by atoms with Gasteiger partial charge in [0.15, 0.2) is 0 Å². The molecule has 6 nitrogen and oxygen atoms in total. The lowest BCUT2D eigenvalue weighted by atomic mass is 10.0. The molecule has 118 valence electrons. The number of rotatable bonds is 1. The monoisotopic (exact) mass is 336 g/mol. The molecule has 2 aromatic heterocycles. The van der Waals surface area contributed by atoms with E-state index in [0.717, 1.165) is 16.2 Å². The molecule has 0 fully saturated rings. The summed E-state index contributed by atoms with van der Waals surface area (Å²) in [6, 6.07) is 15.1. The van der Waals surface area contributed by atoms with E-state index in [9.17, 15) is 4.79 Å². The van der Waals surface area contributed by atoms with E-state index in [1.807, 2.05) is 30.3 Å². The van der Waals surface area contributed by atoms with Gasteiger partial charge in [-0.1, -0.05) is 30.3 Å². The highest BCUT2D eigenvalue weighted by Crippen LogP contribution is 2.27. The van der Waals surface area contributed by atoms with E-state index in [4.69, 9.17) is 22.5 Å². The Morgan fingerprint density at radius 2 is 2.00 bits per heavy atom. The summed E-state index contributed by atoms with van der Waals surface area (Å²) >= 11 is 5.02. The summed E-state index contributed by atoms with van der Waals surface area (Å²) in [6.07, 6.45) is 1.63. The van der Waals surface area contributed by atoms with Gasteiger partial charge >= 0.3 is 5.63 Å². The van der Waals surface area contributed by atoms with Crippen molar-refractivity contribution in [2.75, 3.05) is 0 Å². The van der Waals surface area contributed by atoms with Gasteiger partial charge in [-0.05, 0) is 41.2 Å². The van der Waals surface area contributed by atoms with Crippen LogP contribution in [-0.2, 0) is 0 Å². The normalized spacial score (nSPS) is 11.0. The minimum absolute atomic E-state index is 0.233. The first-order valence-corrected chi connectivity index (χ1v) is 7.61. The molecule has 0 spiro atoms. The van der Waals surface area contributed by atoms with Gasteiger partial charge in [0.25, 0.3) is 0 Å². The Morgan fingerprint density at radius 1 is 1.17 bits per heavy atom. The summed E-state index contributed by atoms with van der Waals surface area (Å²) < 4.78 is 6.86. The standard InChI is InChI=1S/C17H12N4O2S/c18-19-17(24)21-8-7-14(20-21)13-9-12-11-4-2-1-3-10(11)5-6-15(12)23-16(13)22/h1-9H,18H2,(H,19,24). The van der Waals surface area contributed by atoms with E-state index in [1.165, 1.54) is 4.68 Å². The van der Waals surface area contributed by atoms with Gasteiger partial charge in [0, 0.05) is 11.6 Å². The summed E-state index contributed by atoms with van der Waals surface area (Å²) in [5.41, 5.74) is 3.28. The Morgan fingerprint density at radius 3 is 2.83 bits per heavy atom. The van der Waals surface area contributed by atoms with Crippen LogP contribution in [0.15, 0.2) is 63.9 Å². The second-order valence-electron chi connectivity index (χ2n) is 5.24. The number of aromatic nitrogens is 2. The van der Waals surface area contributed by atoms with Gasteiger partial charge in [-0.15, -0.1) is 0 Å². The lowest BCUT2D eigenvalue weighted by Gasteiger charge is -2.04. The third-order valence-electron chi connectivity index (χ3n) is 3.84. The number of hydrogen-bond acceptors (Lipinski definition) is 5. The molecule has 0 bridgehead atoms. The summed E-state index contributed by atoms with van der Waals surface area (Å²) in [5, 5.41) is 7.45. The van der Waals surface area contributed by atoms with E-state index in [2.05, 4.69) is 10.5 Å². The smallest absolute Gasteiger partial charge is 0.345 e. The zero-order valence-electron chi connectivity index (χ0n) is 12.4. The molecule has 0 amide bonds. The summed E-state index contributed by atoms with van der Waals surface area (Å²) in [7, 11) is 0. The Kier molecular flexibility index (Phi) is 3.37. The summed E-state index contributed by atoms with van der Waals surface area (Å²) in [6.45, 7) is 0. The first kappa shape index (κ1) is 14.6. The van der Waals surface area contributed by atoms with Gasteiger partial charge in [0.05, 0.1) is 5.56 Å². The second-order valence-corrected chi connectivity index (χ2v) is 5.63. The Hall–Kier alpha value is -3.03. The van der Waals surface area contributed by atoms with Gasteiger partial charge in [-0.2, -0.15) is 5.10 Å². The van der Waals surface area contributed by atoms with Crippen LogP contribution in [0.5, 0.6) is 0 Å². The van der Waals surface area contributed by atoms with Crippen LogP contribution in [0, 0.1) is 0 Å². The number of nitrogens with two attached hydrogens (primary N) is 1. The zero-order chi connectivity index (χ0) is 16.7. The van der Waals surface area contributed by atoms with E-state index < -0.39 is 5.63 Å². The van der Waals surface area contributed by atoms with Crippen LogP contribution in [0.1, 0.15) is 0 Å². The van der Waals surface area contributed by atoms with Crippen molar-refractivity contribution in [2.45, 2.75) is 0 Å². The van der Waals surface area contributed by atoms with Crippen molar-refractivity contribution in [1.29, 1.82) is 0 Å². The minimum Gasteiger partial charge on any atom is -0.422 e. The first-order chi connectivity index (χ1) is 11.7. The maximum Gasteiger partial charge on any atom is 0.345 e. The van der Waals surface area contributed by atoms with Crippen molar-refractivity contribution in [3.05, 3.63) is 65.1 Å². The van der Waals surface area contributed by atoms with Gasteiger partial charge in [0.2, 0.25) is 5.11 Å². The number of hydrazine groups is 1. The molecule has 24 heavy (non-hydrogen) atoms. The highest BCUT2D eigenvalue weighted by Gasteiger charge is 2.13. The van der Waals surface area contributed by atoms with Crippen molar-refractivity contribution in [2.24, 2.45) is 5.84 Å². The molecule has 0 saturated carbocycles. The molecule has 0 saturated heterocycles. The average molecular weight is 336 g/mol. The van der Waals surface area contributed by atoms with Crippen molar-refractivity contribution < 1.29 is 4.42 Å². The van der Waals surface area contributed by atoms with Crippen molar-refractivity contribution >= 4 is 39.1 Å². The van der Waals surface area contributed by atoms with Crippen LogP contribution in [0.25, 0.3) is 33.0 Å². The number of fused-ring (bicyclic) bond motifs is 3. The topological polar surface area (TPSA) is 86.1 Å². The van der Waals surface area contributed by atoms with Crippen molar-refractivity contribution in [3.63, 3.8) is 0 Å². The van der Waals surface area contributed by atoms with Crippen molar-refractivity contribution in [3.8, 4) is 11.3 Å². The maximum atomic E-state index is 12.3. The largest absolute Gasteiger partial charge is 0.422 e. The van der Waals surface area contributed by atoms with E-state index >= 15 is 0 Å². The molecule has 0 aliphatic carbocycles. The molecule has 4 aromatic rings. The Balaban J connectivity index is 1.97. The van der Waals surface area contributed by atoms with Crippen LogP contribution >= 0.6 is 12.2 Å². The van der Waals surface area contributed by atoms with E-state index in [-0.39, 0.29) is 5.11 Å². The molecule has 4 rings (SSSR count). The summed E-state index contributed by atoms with van der Waals surface area (Å²) in [4.78, 5) is 12.3. The summed E-state index contributed by atoms with van der Waals surface area (Å²) in [5.74, 6) is 5.29. The molecule has 2 aromatic carbocycles. The SMILES string of the molecule is NNC(=S)n1ccc(-c2cc3c(ccc4ccccc43)oc2=O)n1. The van der Waals surface area contributed by atoms with Crippen LogP contribution in [0.2, 0.25) is 0 Å². The molecule has 0 unspecified atom stereocenters. The molecular formula is C17H12N4O2S. The van der Waals surface area contributed by atoms with Crippen LogP contribution < -0.4 is 16.9 Å². The van der Waals surface area contributed by atoms with Gasteiger partial charge in [-0.3, -0.25) is 5.43 Å². The molecule has 0 aliphatic heterocycles. The predicted molar refractivity (Wildman–Crippen MR) is 96.5 cm³/mol. The third-order valence-corrected chi connectivity index (χ3v) is 4.14. The Labute approximate surface area is 141 Å². The second kappa shape index (κ2) is 5.55. The fourth-order valence-electron chi connectivity index (χ4n) is 2.70. The lowest BCUT2D eigenvalue weighted by Crippen LogP contribution is -2.34. The fourth-order valence-corrected chi connectivity index (χ4v) is 2.80. The zero-order valence-corrected chi connectivity index (χ0v) is 13.2. The van der Waals surface area contributed by atoms with Crippen LogP contribution in [0.4, 0.5) is 0 Å². The van der Waals surface area contributed by atoms with Crippen LogP contribution in [-0.4, -0.2) is 14.9 Å². The van der Waals surface area contributed by atoms with Gasteiger partial charge in [-0.25, -0.2) is 15.3 Å². The number of nitrogens with zero attached hydrogens (tertiary/aromatic N) is 2. The highest BCUT2D eigenvalue weighted by atomic mass is 32.1. The average Bonchev–Trinajstić information content (AvgIpc) is 3.10. The van der Waals surface area contributed by atoms with Gasteiger partial charge in [0.1, 0.15) is 11.3 Å². The number of hydrogen-bond donors (Lipinski definition) is 2. The number of benzene rings is 2. The number of nitrogens with one attached hydrogen (secondary N) is 1. The van der Waals surface area contributed by atoms with Crippen LogP contribution in [0.3, 0.4) is 0 Å². The quantitative estimate of drug-likeness (QED) is 0.182. The third kappa shape index (κ3) is 2.27. The lowest BCUT2D eigenvalue weighted by molar-refractivity contribution is 0.563. The molecule has 3 N–H and O–H groups in total. The highest BCUT2D eigenvalue weighted by molar-refractivity contribution is 7.80. The van der Waals surface area contributed by atoms with Crippen molar-refractivity contribution in [1.82, 2.24) is 15.2 Å². The first-order valence-electron chi connectivity index (χ1n) is 7.20. The molecule has 0 atom stereocenters.